The van der Waals surface area contributed by atoms with E-state index in [1.165, 1.54) is 19.1 Å². The van der Waals surface area contributed by atoms with Crippen molar-refractivity contribution in [3.05, 3.63) is 69.7 Å². The van der Waals surface area contributed by atoms with Crippen LogP contribution in [-0.4, -0.2) is 55.2 Å². The van der Waals surface area contributed by atoms with Gasteiger partial charge >= 0.3 is 11.9 Å². The zero-order valence-corrected chi connectivity index (χ0v) is 24.4. The van der Waals surface area contributed by atoms with E-state index in [4.69, 9.17) is 18.9 Å². The number of carbonyl (C=O) groups is 3. The monoisotopic (exact) mass is 580 g/mol. The van der Waals surface area contributed by atoms with E-state index in [2.05, 4.69) is 11.9 Å². The lowest BCUT2D eigenvalue weighted by molar-refractivity contribution is -0.132. The number of anilines is 1. The smallest absolute Gasteiger partial charge is 0.350 e. The maximum Gasteiger partial charge on any atom is 0.350 e. The second-order valence-electron chi connectivity index (χ2n) is 9.14. The highest BCUT2D eigenvalue weighted by Gasteiger charge is 2.48. The fraction of sp³-hybridized carbons (Fsp3) is 0.333. The third-order valence-electron chi connectivity index (χ3n) is 6.51. The molecular formula is C30H32N2O8S. The van der Waals surface area contributed by atoms with Crippen LogP contribution < -0.4 is 19.1 Å². The molecule has 0 bridgehead atoms. The van der Waals surface area contributed by atoms with Gasteiger partial charge in [-0.3, -0.25) is 14.5 Å². The first-order chi connectivity index (χ1) is 19.7. The first-order valence-corrected chi connectivity index (χ1v) is 14.0. The summed E-state index contributed by atoms with van der Waals surface area (Å²) in [4.78, 5) is 45.4. The van der Waals surface area contributed by atoms with Crippen molar-refractivity contribution in [1.29, 1.82) is 0 Å². The number of carbonyl (C=O) groups excluding carboxylic acids is 3. The molecule has 2 heterocycles. The predicted octanol–water partition coefficient (Wildman–Crippen LogP) is 5.45. The van der Waals surface area contributed by atoms with Crippen LogP contribution in [0.25, 0.3) is 5.76 Å². The molecule has 0 aliphatic carbocycles. The molecule has 0 unspecified atom stereocenters. The van der Waals surface area contributed by atoms with E-state index in [0.717, 1.165) is 24.2 Å². The van der Waals surface area contributed by atoms with E-state index in [1.807, 2.05) is 0 Å². The van der Waals surface area contributed by atoms with Crippen molar-refractivity contribution in [3.63, 3.8) is 0 Å². The average Bonchev–Trinajstić information content (AvgIpc) is 3.49. The number of esters is 1. The number of aliphatic hydroxyl groups excluding tert-OH is 1. The van der Waals surface area contributed by atoms with Crippen LogP contribution in [0.4, 0.5) is 5.13 Å². The molecule has 1 saturated heterocycles. The second kappa shape index (κ2) is 12.9. The maximum atomic E-state index is 13.5. The van der Waals surface area contributed by atoms with Gasteiger partial charge in [0.05, 0.1) is 44.7 Å². The van der Waals surface area contributed by atoms with Crippen molar-refractivity contribution in [2.75, 3.05) is 32.3 Å². The number of ketones is 1. The Balaban J connectivity index is 1.86. The summed E-state index contributed by atoms with van der Waals surface area (Å²) >= 11 is 0.938. The molecule has 2 aromatic carbocycles. The number of amides is 1. The highest BCUT2D eigenvalue weighted by molar-refractivity contribution is 7.17. The van der Waals surface area contributed by atoms with E-state index in [9.17, 15) is 19.5 Å². The third kappa shape index (κ3) is 5.90. The van der Waals surface area contributed by atoms with Gasteiger partial charge in [0, 0.05) is 5.56 Å². The summed E-state index contributed by atoms with van der Waals surface area (Å²) in [6, 6.07) is 10.5. The molecule has 0 radical (unpaired) electrons. The Morgan fingerprint density at radius 1 is 1.05 bits per heavy atom. The third-order valence-corrected chi connectivity index (χ3v) is 7.65. The van der Waals surface area contributed by atoms with Crippen LogP contribution >= 0.6 is 11.3 Å². The normalized spacial score (nSPS) is 16.1. The molecule has 1 amide bonds. The van der Waals surface area contributed by atoms with E-state index in [0.29, 0.717) is 40.7 Å². The van der Waals surface area contributed by atoms with Gasteiger partial charge in [-0.1, -0.05) is 30.7 Å². The summed E-state index contributed by atoms with van der Waals surface area (Å²) in [7, 11) is 2.97. The number of unbranched alkanes of at least 4 members (excludes halogenated alkanes) is 1. The van der Waals surface area contributed by atoms with Crippen LogP contribution in [0.3, 0.4) is 0 Å². The van der Waals surface area contributed by atoms with Gasteiger partial charge in [-0.05, 0) is 62.2 Å². The summed E-state index contributed by atoms with van der Waals surface area (Å²) in [5.41, 5.74) is 1.02. The fourth-order valence-electron chi connectivity index (χ4n) is 4.44. The zero-order chi connectivity index (χ0) is 29.7. The molecule has 1 aliphatic rings. The molecule has 0 saturated carbocycles. The molecule has 41 heavy (non-hydrogen) atoms. The molecule has 1 aromatic heterocycles. The molecule has 4 rings (SSSR count). The predicted molar refractivity (Wildman–Crippen MR) is 154 cm³/mol. The number of hydrogen-bond acceptors (Lipinski definition) is 10. The van der Waals surface area contributed by atoms with Crippen molar-refractivity contribution in [1.82, 2.24) is 4.98 Å². The second-order valence-corrected chi connectivity index (χ2v) is 10.1. The van der Waals surface area contributed by atoms with Crippen molar-refractivity contribution in [2.45, 2.75) is 39.7 Å². The van der Waals surface area contributed by atoms with Crippen LogP contribution in [-0.2, 0) is 14.3 Å². The van der Waals surface area contributed by atoms with Crippen molar-refractivity contribution in [3.8, 4) is 17.2 Å². The number of Topliss-reactive ketones (excluding diaryl/α,β-unsaturated/α-hetero) is 1. The number of methoxy groups -OCH3 is 2. The molecule has 10 nitrogen and oxygen atoms in total. The van der Waals surface area contributed by atoms with Gasteiger partial charge in [0.25, 0.3) is 5.78 Å². The molecule has 1 N–H and O–H groups in total. The molecule has 1 atom stereocenters. The summed E-state index contributed by atoms with van der Waals surface area (Å²) < 4.78 is 21.7. The minimum Gasteiger partial charge on any atom is -0.507 e. The highest BCUT2D eigenvalue weighted by Crippen LogP contribution is 2.45. The molecule has 1 fully saturated rings. The van der Waals surface area contributed by atoms with Crippen molar-refractivity contribution < 1.29 is 38.4 Å². The molecule has 1 aliphatic heterocycles. The number of benzene rings is 2. The number of aromatic nitrogens is 1. The minimum absolute atomic E-state index is 0.117. The Labute approximate surface area is 242 Å². The Hall–Kier alpha value is -4.38. The number of aryl methyl sites for hydroxylation is 1. The summed E-state index contributed by atoms with van der Waals surface area (Å²) in [5, 5.41) is 11.6. The molecule has 11 heteroatoms. The van der Waals surface area contributed by atoms with Gasteiger partial charge in [0.1, 0.15) is 16.4 Å². The lowest BCUT2D eigenvalue weighted by Gasteiger charge is -2.23. The highest BCUT2D eigenvalue weighted by atomic mass is 32.1. The minimum atomic E-state index is -1.07. The Bertz CT molecular complexity index is 1480. The van der Waals surface area contributed by atoms with Crippen LogP contribution in [0.15, 0.2) is 48.0 Å². The van der Waals surface area contributed by atoms with Gasteiger partial charge < -0.3 is 24.1 Å². The Morgan fingerprint density at radius 3 is 2.39 bits per heavy atom. The van der Waals surface area contributed by atoms with Crippen LogP contribution in [0.1, 0.15) is 59.2 Å². The first kappa shape index (κ1) is 29.6. The maximum absolute atomic E-state index is 13.5. The molecule has 3 aromatic rings. The number of ether oxygens (including phenoxy) is 4. The molecular weight excluding hydrogens is 548 g/mol. The zero-order valence-electron chi connectivity index (χ0n) is 23.6. The number of thiazole rings is 1. The van der Waals surface area contributed by atoms with Crippen molar-refractivity contribution in [2.24, 2.45) is 0 Å². The van der Waals surface area contributed by atoms with Crippen LogP contribution in [0, 0.1) is 6.92 Å². The topological polar surface area (TPSA) is 124 Å². The number of nitrogens with zero attached hydrogens (tertiary/aromatic N) is 2. The summed E-state index contributed by atoms with van der Waals surface area (Å²) in [5.74, 6) is -1.28. The quantitative estimate of drug-likeness (QED) is 0.104. The van der Waals surface area contributed by atoms with E-state index < -0.39 is 23.7 Å². The number of aliphatic hydroxyl groups is 1. The van der Waals surface area contributed by atoms with E-state index in [1.54, 1.807) is 56.3 Å². The lowest BCUT2D eigenvalue weighted by atomic mass is 9.95. The Morgan fingerprint density at radius 2 is 1.76 bits per heavy atom. The van der Waals surface area contributed by atoms with Gasteiger partial charge in [0.2, 0.25) is 0 Å². The van der Waals surface area contributed by atoms with Gasteiger partial charge in [-0.25, -0.2) is 9.78 Å². The average molecular weight is 581 g/mol. The van der Waals surface area contributed by atoms with Gasteiger partial charge in [-0.2, -0.15) is 0 Å². The van der Waals surface area contributed by atoms with Crippen LogP contribution in [0.2, 0.25) is 0 Å². The number of rotatable bonds is 11. The first-order valence-electron chi connectivity index (χ1n) is 13.2. The van der Waals surface area contributed by atoms with Gasteiger partial charge in [0.15, 0.2) is 16.6 Å². The van der Waals surface area contributed by atoms with E-state index in [-0.39, 0.29) is 27.9 Å². The summed E-state index contributed by atoms with van der Waals surface area (Å²) in [6.07, 6.45) is 1.90. The fourth-order valence-corrected chi connectivity index (χ4v) is 5.43. The number of hydrogen-bond donors (Lipinski definition) is 1. The largest absolute Gasteiger partial charge is 0.507 e. The van der Waals surface area contributed by atoms with Gasteiger partial charge in [-0.15, -0.1) is 0 Å². The van der Waals surface area contributed by atoms with Crippen LogP contribution in [0.5, 0.6) is 17.2 Å². The SMILES string of the molecule is CCCCOc1ccc(C(O)=C2C(=O)C(=O)N(c3nc(C)c(C(=O)OCC)s3)[C@@H]2c2ccc(OC)c(OC)c2)cc1. The molecule has 216 valence electrons. The lowest BCUT2D eigenvalue weighted by Crippen LogP contribution is -2.29. The summed E-state index contributed by atoms with van der Waals surface area (Å²) in [6.45, 7) is 6.11. The van der Waals surface area contributed by atoms with E-state index >= 15 is 0 Å². The van der Waals surface area contributed by atoms with Crippen molar-refractivity contribution >= 4 is 39.9 Å². The Kier molecular flexibility index (Phi) is 9.28. The standard InChI is InChI=1S/C30H32N2O8S/c1-6-8-15-40-20-12-9-18(10-13-20)25(33)23-24(19-11-14-21(37-4)22(16-19)38-5)32(28(35)26(23)34)30-31-17(3)27(41-30)29(36)39-7-2/h9-14,16,24,33H,6-8,15H2,1-5H3/t24-/m1/s1. The molecule has 0 spiro atoms.